The Morgan fingerprint density at radius 2 is 2.11 bits per heavy atom. The minimum atomic E-state index is -0.940. The Balaban J connectivity index is 1.80. The van der Waals surface area contributed by atoms with Crippen LogP contribution < -0.4 is 11.1 Å². The summed E-state index contributed by atoms with van der Waals surface area (Å²) in [6.07, 6.45) is -0.930. The van der Waals surface area contributed by atoms with Crippen molar-refractivity contribution in [2.45, 2.75) is 24.7 Å². The lowest BCUT2D eigenvalue weighted by Gasteiger charge is -2.40. The summed E-state index contributed by atoms with van der Waals surface area (Å²) in [5.41, 5.74) is 5.59. The summed E-state index contributed by atoms with van der Waals surface area (Å²) in [4.78, 5) is 42.0. The van der Waals surface area contributed by atoms with Crippen molar-refractivity contribution in [2.75, 3.05) is 39.6 Å². The third kappa shape index (κ3) is 2.31. The van der Waals surface area contributed by atoms with Gasteiger partial charge in [-0.1, -0.05) is 0 Å². The molecule has 0 spiro atoms. The molecule has 0 aromatic carbocycles. The Kier molecular flexibility index (Phi) is 4.48. The van der Waals surface area contributed by atoms with Gasteiger partial charge in [-0.05, 0) is 14.0 Å². The van der Waals surface area contributed by atoms with Crippen LogP contribution in [-0.4, -0.2) is 84.9 Å². The van der Waals surface area contributed by atoms with E-state index in [9.17, 15) is 14.4 Å². The van der Waals surface area contributed by atoms with E-state index in [0.29, 0.717) is 35.7 Å². The Morgan fingerprint density at radius 1 is 1.39 bits per heavy atom. The number of nitrogens with two attached hydrogens (primary N) is 1. The van der Waals surface area contributed by atoms with Gasteiger partial charge >= 0.3 is 6.09 Å². The van der Waals surface area contributed by atoms with Gasteiger partial charge in [0.1, 0.15) is 6.61 Å². The van der Waals surface area contributed by atoms with Gasteiger partial charge < -0.3 is 25.4 Å². The van der Waals surface area contributed by atoms with Gasteiger partial charge in [-0.15, -0.1) is 0 Å². The number of allylic oxidation sites excluding steroid dienone is 2. The first-order chi connectivity index (χ1) is 13.3. The summed E-state index contributed by atoms with van der Waals surface area (Å²) in [7, 11) is 3.54. The number of Topliss-reactive ketones (excluding diaryl/α,β-unsaturated/α-hetero) is 2. The van der Waals surface area contributed by atoms with Gasteiger partial charge in [0, 0.05) is 43.1 Å². The molecule has 0 saturated carbocycles. The first kappa shape index (κ1) is 19.3. The fourth-order valence-electron chi connectivity index (χ4n) is 5.11. The summed E-state index contributed by atoms with van der Waals surface area (Å²) in [5, 5.41) is 3.02. The van der Waals surface area contributed by atoms with Crippen LogP contribution in [0.5, 0.6) is 0 Å². The van der Waals surface area contributed by atoms with Gasteiger partial charge in [0.15, 0.2) is 5.72 Å². The number of fused-ring (bicyclic) bond motifs is 4. The molecular formula is C18H24N4O5S. The molecule has 1 aliphatic carbocycles. The van der Waals surface area contributed by atoms with E-state index in [1.165, 1.54) is 0 Å². The molecule has 0 aromatic rings. The molecule has 2 saturated heterocycles. The number of nitrogens with zero attached hydrogens (tertiary/aromatic N) is 2. The number of rotatable bonds is 6. The quantitative estimate of drug-likeness (QED) is 0.299. The molecule has 0 radical (unpaired) electrons. The lowest BCUT2D eigenvalue weighted by molar-refractivity contribution is -0.144. The van der Waals surface area contributed by atoms with E-state index in [4.69, 9.17) is 15.2 Å². The van der Waals surface area contributed by atoms with Crippen molar-refractivity contribution in [1.82, 2.24) is 15.1 Å². The third-order valence-electron chi connectivity index (χ3n) is 6.36. The van der Waals surface area contributed by atoms with Crippen LogP contribution in [0.3, 0.4) is 0 Å². The molecule has 0 bridgehead atoms. The summed E-state index contributed by atoms with van der Waals surface area (Å²) in [6.45, 7) is 2.54. The number of piperazine rings is 1. The maximum Gasteiger partial charge on any atom is 0.404 e. The normalized spacial score (nSPS) is 35.8. The molecule has 4 aliphatic rings. The molecule has 3 N–H and O–H groups in total. The van der Waals surface area contributed by atoms with Gasteiger partial charge in [0.05, 0.1) is 23.4 Å². The smallest absolute Gasteiger partial charge is 0.404 e. The zero-order valence-corrected chi connectivity index (χ0v) is 16.9. The van der Waals surface area contributed by atoms with Crippen molar-refractivity contribution in [3.05, 3.63) is 22.5 Å². The van der Waals surface area contributed by atoms with Crippen molar-refractivity contribution in [1.29, 1.82) is 0 Å². The molecular weight excluding hydrogens is 384 g/mol. The van der Waals surface area contributed by atoms with Crippen molar-refractivity contribution < 1.29 is 23.9 Å². The summed E-state index contributed by atoms with van der Waals surface area (Å²) < 4.78 is 11.1. The Labute approximate surface area is 168 Å². The molecule has 0 aromatic heterocycles. The van der Waals surface area contributed by atoms with Crippen LogP contribution in [0.4, 0.5) is 4.79 Å². The largest absolute Gasteiger partial charge is 0.449 e. The molecule has 5 atom stereocenters. The van der Waals surface area contributed by atoms with E-state index in [0.717, 1.165) is 0 Å². The monoisotopic (exact) mass is 408 g/mol. The number of hydrogen-bond acceptors (Lipinski definition) is 9. The molecule has 10 heteroatoms. The van der Waals surface area contributed by atoms with Gasteiger partial charge in [-0.3, -0.25) is 14.5 Å². The fraction of sp³-hybridized carbons (Fsp3) is 0.611. The molecule has 2 fully saturated rings. The highest BCUT2D eigenvalue weighted by molar-refractivity contribution is 7.80. The first-order valence-electron chi connectivity index (χ1n) is 9.17. The highest BCUT2D eigenvalue weighted by Gasteiger charge is 2.75. The number of hydrogen-bond donors (Lipinski definition) is 3. The number of primary amides is 1. The first-order valence-corrected chi connectivity index (χ1v) is 9.80. The standard InChI is InChI=1S/C18H24N4O5S/c1-8-12(20-4-5-28)15(24)11-9(7-27-17(19)25)18(26-3)16-10(21(16)2)6-22(18)13(11)14(8)23/h9-10,16,20,28H,4-7H2,1-3H3,(H2,19,25)/t9-,10+,16+,18-,21?/m1/s1. The zero-order valence-electron chi connectivity index (χ0n) is 16.0. The summed E-state index contributed by atoms with van der Waals surface area (Å²) >= 11 is 4.16. The van der Waals surface area contributed by atoms with Gasteiger partial charge in [-0.25, -0.2) is 4.79 Å². The molecule has 28 heavy (non-hydrogen) atoms. The number of methoxy groups -OCH3 is 1. The topological polar surface area (TPSA) is 114 Å². The van der Waals surface area contributed by atoms with Gasteiger partial charge in [0.25, 0.3) is 0 Å². The lowest BCUT2D eigenvalue weighted by atomic mass is 9.82. The Hall–Kier alpha value is -2.04. The second-order valence-electron chi connectivity index (χ2n) is 7.50. The fourth-order valence-corrected chi connectivity index (χ4v) is 5.22. The minimum Gasteiger partial charge on any atom is -0.449 e. The number of thiol groups is 1. The molecule has 152 valence electrons. The molecule has 4 rings (SSSR count). The van der Waals surface area contributed by atoms with E-state index in [2.05, 4.69) is 22.8 Å². The minimum absolute atomic E-state index is 0.000617. The zero-order chi connectivity index (χ0) is 20.4. The molecule has 9 nitrogen and oxygen atoms in total. The number of ether oxygens (including phenoxy) is 2. The van der Waals surface area contributed by atoms with Crippen molar-refractivity contribution in [3.63, 3.8) is 0 Å². The van der Waals surface area contributed by atoms with Crippen molar-refractivity contribution in [2.24, 2.45) is 11.7 Å². The number of carbonyl (C=O) groups excluding carboxylic acids is 3. The van der Waals surface area contributed by atoms with Crippen LogP contribution in [0.1, 0.15) is 6.92 Å². The maximum atomic E-state index is 13.4. The molecule has 3 aliphatic heterocycles. The highest BCUT2D eigenvalue weighted by atomic mass is 32.1. The number of likely N-dealkylation sites (N-methyl/N-ethyl adjacent to an activating group) is 1. The second-order valence-corrected chi connectivity index (χ2v) is 7.94. The molecule has 1 unspecified atom stereocenters. The predicted molar refractivity (Wildman–Crippen MR) is 102 cm³/mol. The van der Waals surface area contributed by atoms with Crippen molar-refractivity contribution >= 4 is 30.3 Å². The van der Waals surface area contributed by atoms with E-state index in [-0.39, 0.29) is 36.0 Å². The predicted octanol–water partition coefficient (Wildman–Crippen LogP) is -0.748. The Morgan fingerprint density at radius 3 is 2.71 bits per heavy atom. The van der Waals surface area contributed by atoms with Crippen LogP contribution in [-0.2, 0) is 19.1 Å². The lowest BCUT2D eigenvalue weighted by Crippen LogP contribution is -2.55. The average molecular weight is 408 g/mol. The van der Waals surface area contributed by atoms with E-state index >= 15 is 0 Å². The van der Waals surface area contributed by atoms with Gasteiger partial charge in [-0.2, -0.15) is 12.6 Å². The molecule has 1 amide bonds. The average Bonchev–Trinajstić information content (AvgIpc) is 3.04. The van der Waals surface area contributed by atoms with Crippen LogP contribution in [0.15, 0.2) is 22.5 Å². The third-order valence-corrected chi connectivity index (χ3v) is 6.58. The van der Waals surface area contributed by atoms with Crippen LogP contribution in [0, 0.1) is 5.92 Å². The van der Waals surface area contributed by atoms with E-state index in [1.807, 2.05) is 11.9 Å². The number of ketones is 2. The van der Waals surface area contributed by atoms with E-state index in [1.54, 1.807) is 14.0 Å². The van der Waals surface area contributed by atoms with Crippen LogP contribution in [0.2, 0.25) is 0 Å². The summed E-state index contributed by atoms with van der Waals surface area (Å²) in [6, 6.07) is 0.223. The maximum absolute atomic E-state index is 13.4. The number of carbonyl (C=O) groups is 3. The number of nitrogens with one attached hydrogen (secondary N) is 1. The summed E-state index contributed by atoms with van der Waals surface area (Å²) in [5.74, 6) is -0.570. The van der Waals surface area contributed by atoms with Crippen molar-refractivity contribution in [3.8, 4) is 0 Å². The van der Waals surface area contributed by atoms with Crippen LogP contribution in [0.25, 0.3) is 0 Å². The number of amides is 1. The van der Waals surface area contributed by atoms with Crippen LogP contribution >= 0.6 is 12.6 Å². The van der Waals surface area contributed by atoms with Gasteiger partial charge in [0.2, 0.25) is 11.6 Å². The Bertz CT molecular complexity index is 840. The second kappa shape index (κ2) is 6.50. The van der Waals surface area contributed by atoms with E-state index < -0.39 is 17.7 Å². The highest BCUT2D eigenvalue weighted by Crippen LogP contribution is 2.59. The SMILES string of the molecule is CO[C@@]12[C@H](COC(N)=O)C3=C(C(=O)C(C)=C(NCCS)C3=O)N1C[C@H]1[C@@H]2N1C. The molecule has 3 heterocycles.